The number of sulfonamides is 1. The average Bonchev–Trinajstić information content (AvgIpc) is 2.72. The van der Waals surface area contributed by atoms with Crippen LogP contribution in [-0.2, 0) is 14.8 Å². The van der Waals surface area contributed by atoms with E-state index < -0.39 is 10.0 Å². The average molecular weight is 425 g/mol. The Morgan fingerprint density at radius 1 is 0.900 bits per heavy atom. The Hall–Kier alpha value is -3.03. The standard InChI is InChI=1S/C23H24N2O4S/c1-16-8-11-20(15-22(16)30(28,29)25(2)3)24-23(27)13-12-21(26)19-10-9-17-6-4-5-7-18(17)14-19/h4-11,14-15H,12-13H2,1-3H3,(H,24,27). The zero-order valence-corrected chi connectivity index (χ0v) is 18.0. The third-order valence-corrected chi connectivity index (χ3v) is 6.84. The quantitative estimate of drug-likeness (QED) is 0.581. The number of fused-ring (bicyclic) bond motifs is 1. The monoisotopic (exact) mass is 424 g/mol. The minimum Gasteiger partial charge on any atom is -0.326 e. The molecule has 0 aromatic heterocycles. The van der Waals surface area contributed by atoms with E-state index >= 15 is 0 Å². The summed E-state index contributed by atoms with van der Waals surface area (Å²) in [5.41, 5.74) is 1.54. The molecule has 0 atom stereocenters. The van der Waals surface area contributed by atoms with E-state index in [1.54, 1.807) is 25.1 Å². The van der Waals surface area contributed by atoms with Crippen molar-refractivity contribution in [3.05, 3.63) is 71.8 Å². The van der Waals surface area contributed by atoms with Gasteiger partial charge in [-0.2, -0.15) is 0 Å². The number of rotatable bonds is 7. The van der Waals surface area contributed by atoms with Crippen LogP contribution in [0.15, 0.2) is 65.6 Å². The van der Waals surface area contributed by atoms with E-state index in [1.165, 1.54) is 20.2 Å². The number of ketones is 1. The zero-order chi connectivity index (χ0) is 21.9. The lowest BCUT2D eigenvalue weighted by Crippen LogP contribution is -2.23. The normalized spacial score (nSPS) is 11.6. The van der Waals surface area contributed by atoms with Crippen LogP contribution in [0.4, 0.5) is 5.69 Å². The van der Waals surface area contributed by atoms with Gasteiger partial charge >= 0.3 is 0 Å². The van der Waals surface area contributed by atoms with Crippen LogP contribution in [0.5, 0.6) is 0 Å². The first-order chi connectivity index (χ1) is 14.2. The van der Waals surface area contributed by atoms with Crippen molar-refractivity contribution < 1.29 is 18.0 Å². The SMILES string of the molecule is Cc1ccc(NC(=O)CCC(=O)c2ccc3ccccc3c2)cc1S(=O)(=O)N(C)C. The summed E-state index contributed by atoms with van der Waals surface area (Å²) in [6, 6.07) is 18.0. The summed E-state index contributed by atoms with van der Waals surface area (Å²) in [5.74, 6) is -0.461. The number of aryl methyl sites for hydroxylation is 1. The van der Waals surface area contributed by atoms with Crippen molar-refractivity contribution in [2.45, 2.75) is 24.7 Å². The lowest BCUT2D eigenvalue weighted by Gasteiger charge is -2.15. The van der Waals surface area contributed by atoms with Crippen molar-refractivity contribution in [1.82, 2.24) is 4.31 Å². The molecule has 3 rings (SSSR count). The second-order valence-electron chi connectivity index (χ2n) is 7.30. The maximum atomic E-state index is 12.5. The molecule has 0 aliphatic carbocycles. The molecule has 6 nitrogen and oxygen atoms in total. The number of amides is 1. The molecule has 0 unspecified atom stereocenters. The first-order valence-electron chi connectivity index (χ1n) is 9.53. The zero-order valence-electron chi connectivity index (χ0n) is 17.2. The van der Waals surface area contributed by atoms with Crippen LogP contribution in [0.25, 0.3) is 10.8 Å². The fourth-order valence-corrected chi connectivity index (χ4v) is 4.25. The highest BCUT2D eigenvalue weighted by molar-refractivity contribution is 7.89. The number of anilines is 1. The predicted molar refractivity (Wildman–Crippen MR) is 118 cm³/mol. The molecule has 0 saturated carbocycles. The molecule has 1 amide bonds. The molecule has 0 radical (unpaired) electrons. The fraction of sp³-hybridized carbons (Fsp3) is 0.217. The molecular formula is C23H24N2O4S. The van der Waals surface area contributed by atoms with Gasteiger partial charge in [-0.3, -0.25) is 9.59 Å². The number of Topliss-reactive ketones (excluding diaryl/α,β-unsaturated/α-hetero) is 1. The van der Waals surface area contributed by atoms with Crippen LogP contribution < -0.4 is 5.32 Å². The van der Waals surface area contributed by atoms with E-state index in [9.17, 15) is 18.0 Å². The third-order valence-electron chi connectivity index (χ3n) is 4.88. The Balaban J connectivity index is 1.66. The maximum Gasteiger partial charge on any atom is 0.242 e. The molecule has 3 aromatic rings. The van der Waals surface area contributed by atoms with Crippen molar-refractivity contribution >= 4 is 38.2 Å². The van der Waals surface area contributed by atoms with E-state index in [4.69, 9.17) is 0 Å². The van der Waals surface area contributed by atoms with Gasteiger partial charge in [-0.25, -0.2) is 12.7 Å². The van der Waals surface area contributed by atoms with Gasteiger partial charge in [0.1, 0.15) is 0 Å². The summed E-state index contributed by atoms with van der Waals surface area (Å²) >= 11 is 0. The summed E-state index contributed by atoms with van der Waals surface area (Å²) in [5, 5.41) is 4.71. The van der Waals surface area contributed by atoms with E-state index in [1.807, 2.05) is 36.4 Å². The van der Waals surface area contributed by atoms with Crippen LogP contribution in [0.3, 0.4) is 0 Å². The topological polar surface area (TPSA) is 83.5 Å². The minimum absolute atomic E-state index is 0.00923. The number of carbonyl (C=O) groups excluding carboxylic acids is 2. The number of nitrogens with one attached hydrogen (secondary N) is 1. The lowest BCUT2D eigenvalue weighted by molar-refractivity contribution is -0.116. The molecule has 0 aliphatic rings. The Kier molecular flexibility index (Phi) is 6.34. The van der Waals surface area contributed by atoms with Crippen LogP contribution in [0, 0.1) is 6.92 Å². The van der Waals surface area contributed by atoms with Gasteiger partial charge in [-0.1, -0.05) is 42.5 Å². The number of carbonyl (C=O) groups is 2. The fourth-order valence-electron chi connectivity index (χ4n) is 3.11. The molecule has 1 N–H and O–H groups in total. The molecule has 0 fully saturated rings. The minimum atomic E-state index is -3.62. The van der Waals surface area contributed by atoms with Crippen molar-refractivity contribution in [3.8, 4) is 0 Å². The van der Waals surface area contributed by atoms with Crippen LogP contribution in [0.1, 0.15) is 28.8 Å². The van der Waals surface area contributed by atoms with Crippen LogP contribution in [-0.4, -0.2) is 38.5 Å². The van der Waals surface area contributed by atoms with E-state index in [0.29, 0.717) is 16.8 Å². The summed E-state index contributed by atoms with van der Waals surface area (Å²) in [7, 11) is -0.704. The summed E-state index contributed by atoms with van der Waals surface area (Å²) in [4.78, 5) is 24.9. The molecule has 0 bridgehead atoms. The van der Waals surface area contributed by atoms with Crippen molar-refractivity contribution in [1.29, 1.82) is 0 Å². The summed E-state index contributed by atoms with van der Waals surface area (Å²) in [6.07, 6.45) is 0.0776. The summed E-state index contributed by atoms with van der Waals surface area (Å²) in [6.45, 7) is 1.70. The van der Waals surface area contributed by atoms with Gasteiger partial charge in [0.2, 0.25) is 15.9 Å². The van der Waals surface area contributed by atoms with Crippen LogP contribution in [0.2, 0.25) is 0 Å². The molecule has 0 spiro atoms. The van der Waals surface area contributed by atoms with Gasteiger partial charge in [-0.05, 0) is 41.5 Å². The first kappa shape index (κ1) is 21.7. The Labute approximate surface area is 176 Å². The number of hydrogen-bond donors (Lipinski definition) is 1. The Morgan fingerprint density at radius 3 is 2.30 bits per heavy atom. The molecule has 7 heteroatoms. The van der Waals surface area contributed by atoms with Crippen molar-refractivity contribution in [3.63, 3.8) is 0 Å². The summed E-state index contributed by atoms with van der Waals surface area (Å²) < 4.78 is 26.0. The predicted octanol–water partition coefficient (Wildman–Crippen LogP) is 4.00. The van der Waals surface area contributed by atoms with Crippen LogP contribution >= 0.6 is 0 Å². The Morgan fingerprint density at radius 2 is 1.60 bits per heavy atom. The smallest absolute Gasteiger partial charge is 0.242 e. The van der Waals surface area contributed by atoms with Gasteiger partial charge in [0.05, 0.1) is 4.90 Å². The largest absolute Gasteiger partial charge is 0.326 e. The second-order valence-corrected chi connectivity index (χ2v) is 9.42. The molecule has 0 aliphatic heterocycles. The molecule has 3 aromatic carbocycles. The third kappa shape index (κ3) is 4.75. The van der Waals surface area contributed by atoms with E-state index in [0.717, 1.165) is 15.1 Å². The highest BCUT2D eigenvalue weighted by Crippen LogP contribution is 2.23. The van der Waals surface area contributed by atoms with Gasteiger partial charge < -0.3 is 5.32 Å². The highest BCUT2D eigenvalue weighted by Gasteiger charge is 2.20. The van der Waals surface area contributed by atoms with Gasteiger partial charge in [0, 0.05) is 38.2 Å². The molecular weight excluding hydrogens is 400 g/mol. The van der Waals surface area contributed by atoms with Gasteiger partial charge in [0.25, 0.3) is 0 Å². The lowest BCUT2D eigenvalue weighted by atomic mass is 10.0. The van der Waals surface area contributed by atoms with Crippen molar-refractivity contribution in [2.75, 3.05) is 19.4 Å². The Bertz CT molecular complexity index is 1220. The molecule has 0 saturated heterocycles. The number of hydrogen-bond acceptors (Lipinski definition) is 4. The molecule has 30 heavy (non-hydrogen) atoms. The molecule has 156 valence electrons. The van der Waals surface area contributed by atoms with Gasteiger partial charge in [0.15, 0.2) is 5.78 Å². The number of nitrogens with zero attached hydrogens (tertiary/aromatic N) is 1. The van der Waals surface area contributed by atoms with E-state index in [-0.39, 0.29) is 29.4 Å². The second kappa shape index (κ2) is 8.77. The number of benzene rings is 3. The maximum absolute atomic E-state index is 12.5. The van der Waals surface area contributed by atoms with Crippen molar-refractivity contribution in [2.24, 2.45) is 0 Å². The highest BCUT2D eigenvalue weighted by atomic mass is 32.2. The first-order valence-corrected chi connectivity index (χ1v) is 11.0. The van der Waals surface area contributed by atoms with Gasteiger partial charge in [-0.15, -0.1) is 0 Å². The van der Waals surface area contributed by atoms with E-state index in [2.05, 4.69) is 5.32 Å². The molecule has 0 heterocycles.